The summed E-state index contributed by atoms with van der Waals surface area (Å²) < 4.78 is 0. The van der Waals surface area contributed by atoms with Crippen LogP contribution in [0.1, 0.15) is 20.8 Å². The number of piperazine rings is 1. The first-order valence-corrected chi connectivity index (χ1v) is 4.76. The second-order valence-corrected chi connectivity index (χ2v) is 3.83. The van der Waals surface area contributed by atoms with E-state index in [1.165, 1.54) is 0 Å². The van der Waals surface area contributed by atoms with Gasteiger partial charge in [0, 0.05) is 31.7 Å². The van der Waals surface area contributed by atoms with Gasteiger partial charge in [-0.2, -0.15) is 0 Å². The van der Waals surface area contributed by atoms with E-state index >= 15 is 0 Å². The lowest BCUT2D eigenvalue weighted by Gasteiger charge is -2.37. The summed E-state index contributed by atoms with van der Waals surface area (Å²) in [6, 6.07) is 0.842. The smallest absolute Gasteiger partial charge is 0.0664 e. The fourth-order valence-electron chi connectivity index (χ4n) is 1.64. The first-order valence-electron chi connectivity index (χ1n) is 4.76. The number of aliphatic hydroxyl groups excluding tert-OH is 1. The van der Waals surface area contributed by atoms with Crippen molar-refractivity contribution in [1.82, 2.24) is 10.2 Å². The highest BCUT2D eigenvalue weighted by Gasteiger charge is 2.22. The third-order valence-electron chi connectivity index (χ3n) is 2.67. The fourth-order valence-corrected chi connectivity index (χ4v) is 1.64. The molecule has 72 valence electrons. The summed E-state index contributed by atoms with van der Waals surface area (Å²) in [6.07, 6.45) is -0.227. The maximum Gasteiger partial charge on any atom is 0.0664 e. The van der Waals surface area contributed by atoms with Gasteiger partial charge < -0.3 is 10.4 Å². The Morgan fingerprint density at radius 1 is 1.50 bits per heavy atom. The lowest BCUT2D eigenvalue weighted by Crippen LogP contribution is -2.54. The van der Waals surface area contributed by atoms with E-state index in [4.69, 9.17) is 0 Å². The van der Waals surface area contributed by atoms with Crippen molar-refractivity contribution in [2.24, 2.45) is 0 Å². The van der Waals surface area contributed by atoms with E-state index in [9.17, 15) is 5.11 Å². The molecule has 0 aromatic heterocycles. The van der Waals surface area contributed by atoms with Gasteiger partial charge in [0.2, 0.25) is 0 Å². The number of nitrogens with zero attached hydrogens (tertiary/aromatic N) is 1. The van der Waals surface area contributed by atoms with Crippen LogP contribution < -0.4 is 5.32 Å². The number of hydrogen-bond donors (Lipinski definition) is 2. The Kier molecular flexibility index (Phi) is 3.50. The van der Waals surface area contributed by atoms with Gasteiger partial charge in [-0.05, 0) is 20.8 Å². The topological polar surface area (TPSA) is 35.5 Å². The van der Waals surface area contributed by atoms with Crippen LogP contribution in [0.3, 0.4) is 0 Å². The van der Waals surface area contributed by atoms with Crippen molar-refractivity contribution < 1.29 is 5.11 Å². The molecule has 12 heavy (non-hydrogen) atoms. The number of nitrogens with one attached hydrogen (secondary N) is 1. The van der Waals surface area contributed by atoms with E-state index in [0.29, 0.717) is 6.04 Å². The second-order valence-electron chi connectivity index (χ2n) is 3.83. The molecule has 3 atom stereocenters. The summed E-state index contributed by atoms with van der Waals surface area (Å²) in [4.78, 5) is 2.34. The Bertz CT molecular complexity index is 138. The van der Waals surface area contributed by atoms with E-state index in [1.54, 1.807) is 0 Å². The summed E-state index contributed by atoms with van der Waals surface area (Å²) in [7, 11) is 0. The average Bonchev–Trinajstić information content (AvgIpc) is 2.03. The minimum atomic E-state index is -0.227. The third kappa shape index (κ3) is 2.44. The van der Waals surface area contributed by atoms with Crippen LogP contribution in [0.25, 0.3) is 0 Å². The van der Waals surface area contributed by atoms with Crippen molar-refractivity contribution in [3.63, 3.8) is 0 Å². The van der Waals surface area contributed by atoms with E-state index in [0.717, 1.165) is 19.6 Å². The molecule has 0 saturated carbocycles. The lowest BCUT2D eigenvalue weighted by molar-refractivity contribution is 0.0544. The molecule has 0 aromatic carbocycles. The maximum atomic E-state index is 9.40. The van der Waals surface area contributed by atoms with Gasteiger partial charge in [-0.15, -0.1) is 0 Å². The summed E-state index contributed by atoms with van der Waals surface area (Å²) in [6.45, 7) is 9.27. The molecule has 0 spiro atoms. The van der Waals surface area contributed by atoms with Gasteiger partial charge in [0.25, 0.3) is 0 Å². The van der Waals surface area contributed by atoms with Gasteiger partial charge in [0.05, 0.1) is 6.10 Å². The van der Waals surface area contributed by atoms with Gasteiger partial charge in [-0.3, -0.25) is 4.90 Å². The van der Waals surface area contributed by atoms with Crippen molar-refractivity contribution in [3.05, 3.63) is 0 Å². The van der Waals surface area contributed by atoms with E-state index in [-0.39, 0.29) is 12.1 Å². The summed E-state index contributed by atoms with van der Waals surface area (Å²) in [5.41, 5.74) is 0. The standard InChI is InChI=1S/C9H20N2O/c1-7-6-11(5-4-10-7)8(2)9(3)12/h7-10,12H,4-6H2,1-3H3/t7-,8?,9?/m1/s1. The van der Waals surface area contributed by atoms with Crippen LogP contribution in [0, 0.1) is 0 Å². The average molecular weight is 172 g/mol. The molecular formula is C9H20N2O. The van der Waals surface area contributed by atoms with Gasteiger partial charge in [-0.1, -0.05) is 0 Å². The van der Waals surface area contributed by atoms with Crippen LogP contribution in [0.2, 0.25) is 0 Å². The molecule has 1 aliphatic rings. The fraction of sp³-hybridized carbons (Fsp3) is 1.00. The molecule has 1 rings (SSSR count). The minimum Gasteiger partial charge on any atom is -0.392 e. The molecule has 1 heterocycles. The molecule has 0 amide bonds. The first-order chi connectivity index (χ1) is 5.61. The highest BCUT2D eigenvalue weighted by molar-refractivity contribution is 4.80. The Labute approximate surface area is 74.8 Å². The maximum absolute atomic E-state index is 9.40. The Balaban J connectivity index is 2.40. The van der Waals surface area contributed by atoms with E-state index < -0.39 is 0 Å². The second kappa shape index (κ2) is 4.21. The lowest BCUT2D eigenvalue weighted by atomic mass is 10.1. The van der Waals surface area contributed by atoms with Crippen LogP contribution in [0.15, 0.2) is 0 Å². The normalized spacial score (nSPS) is 31.5. The third-order valence-corrected chi connectivity index (χ3v) is 2.67. The number of aliphatic hydroxyl groups is 1. The minimum absolute atomic E-state index is 0.227. The first kappa shape index (κ1) is 9.96. The summed E-state index contributed by atoms with van der Waals surface area (Å²) in [5, 5.41) is 12.8. The number of hydrogen-bond acceptors (Lipinski definition) is 3. The molecular weight excluding hydrogens is 152 g/mol. The summed E-state index contributed by atoms with van der Waals surface area (Å²) >= 11 is 0. The SMILES string of the molecule is CC(O)C(C)N1CCN[C@H](C)C1. The predicted molar refractivity (Wildman–Crippen MR) is 50.2 cm³/mol. The van der Waals surface area contributed by atoms with E-state index in [1.807, 2.05) is 6.92 Å². The molecule has 0 aliphatic carbocycles. The zero-order valence-corrected chi connectivity index (χ0v) is 8.25. The number of rotatable bonds is 2. The highest BCUT2D eigenvalue weighted by atomic mass is 16.3. The van der Waals surface area contributed by atoms with Gasteiger partial charge in [0.1, 0.15) is 0 Å². The van der Waals surface area contributed by atoms with Crippen LogP contribution in [-0.4, -0.2) is 47.8 Å². The Hall–Kier alpha value is -0.120. The quantitative estimate of drug-likeness (QED) is 0.618. The van der Waals surface area contributed by atoms with Gasteiger partial charge in [-0.25, -0.2) is 0 Å². The van der Waals surface area contributed by atoms with Crippen LogP contribution in [0.4, 0.5) is 0 Å². The van der Waals surface area contributed by atoms with E-state index in [2.05, 4.69) is 24.1 Å². The van der Waals surface area contributed by atoms with Crippen molar-refractivity contribution in [2.75, 3.05) is 19.6 Å². The molecule has 0 aromatic rings. The molecule has 0 radical (unpaired) electrons. The highest BCUT2D eigenvalue weighted by Crippen LogP contribution is 2.07. The van der Waals surface area contributed by atoms with Crippen LogP contribution in [0.5, 0.6) is 0 Å². The largest absolute Gasteiger partial charge is 0.392 e. The Morgan fingerprint density at radius 2 is 2.17 bits per heavy atom. The molecule has 2 unspecified atom stereocenters. The molecule has 1 saturated heterocycles. The van der Waals surface area contributed by atoms with Crippen LogP contribution >= 0.6 is 0 Å². The zero-order chi connectivity index (χ0) is 9.14. The molecule has 1 fully saturated rings. The van der Waals surface area contributed by atoms with Crippen molar-refractivity contribution in [2.45, 2.75) is 39.0 Å². The van der Waals surface area contributed by atoms with Crippen molar-refractivity contribution in [3.8, 4) is 0 Å². The zero-order valence-electron chi connectivity index (χ0n) is 8.25. The molecule has 3 heteroatoms. The monoisotopic (exact) mass is 172 g/mol. The van der Waals surface area contributed by atoms with Gasteiger partial charge >= 0.3 is 0 Å². The molecule has 2 N–H and O–H groups in total. The van der Waals surface area contributed by atoms with Crippen molar-refractivity contribution >= 4 is 0 Å². The van der Waals surface area contributed by atoms with Gasteiger partial charge in [0.15, 0.2) is 0 Å². The molecule has 1 aliphatic heterocycles. The Morgan fingerprint density at radius 3 is 2.67 bits per heavy atom. The summed E-state index contributed by atoms with van der Waals surface area (Å²) in [5.74, 6) is 0. The predicted octanol–water partition coefficient (Wildman–Crippen LogP) is 0.0494. The molecule has 3 nitrogen and oxygen atoms in total. The van der Waals surface area contributed by atoms with Crippen molar-refractivity contribution in [1.29, 1.82) is 0 Å². The molecule has 0 bridgehead atoms. The van der Waals surface area contributed by atoms with Crippen LogP contribution in [-0.2, 0) is 0 Å².